The number of benzene rings is 2. The fourth-order valence-corrected chi connectivity index (χ4v) is 6.24. The summed E-state index contributed by atoms with van der Waals surface area (Å²) >= 11 is 4.14. The van der Waals surface area contributed by atoms with Crippen LogP contribution in [0.3, 0.4) is 0 Å². The number of anilines is 1. The average molecular weight is 727 g/mol. The number of sulfonamides is 1. The molecule has 0 fully saturated rings. The number of rotatable bonds is 18. The Labute approximate surface area is 293 Å². The van der Waals surface area contributed by atoms with E-state index >= 15 is 0 Å². The summed E-state index contributed by atoms with van der Waals surface area (Å²) in [6, 6.07) is 4.90. The summed E-state index contributed by atoms with van der Waals surface area (Å²) in [7, 11) is -0.478. The van der Waals surface area contributed by atoms with Crippen LogP contribution in [0.2, 0.25) is 0 Å². The smallest absolute Gasteiger partial charge is 0.328 e. The van der Waals surface area contributed by atoms with E-state index < -0.39 is 82.9 Å². The van der Waals surface area contributed by atoms with E-state index in [0.717, 1.165) is 5.69 Å². The van der Waals surface area contributed by atoms with Crippen molar-refractivity contribution in [1.82, 2.24) is 26.0 Å². The molecule has 0 saturated heterocycles. The third-order valence-corrected chi connectivity index (χ3v) is 9.10. The zero-order chi connectivity index (χ0) is 36.3. The number of thiol groups is 1. The molecule has 0 spiro atoms. The molecule has 274 valence electrons. The monoisotopic (exact) mass is 726 g/mol. The first-order chi connectivity index (χ1) is 22.4. The molecule has 0 aliphatic heterocycles. The summed E-state index contributed by atoms with van der Waals surface area (Å²) in [5, 5.41) is 29.3. The van der Waals surface area contributed by atoms with E-state index in [4.69, 9.17) is 0 Å². The molecule has 0 aromatic heterocycles. The van der Waals surface area contributed by atoms with Gasteiger partial charge >= 0.3 is 5.97 Å². The third kappa shape index (κ3) is 12.2. The Kier molecular flexibility index (Phi) is 17.0. The van der Waals surface area contributed by atoms with Gasteiger partial charge in [0.05, 0.1) is 18.0 Å². The maximum atomic E-state index is 13.3. The van der Waals surface area contributed by atoms with Crippen molar-refractivity contribution < 1.29 is 42.6 Å². The van der Waals surface area contributed by atoms with Gasteiger partial charge in [0.15, 0.2) is 0 Å². The molecule has 4 atom stereocenters. The van der Waals surface area contributed by atoms with Gasteiger partial charge in [0, 0.05) is 36.3 Å². The number of carboxylic acid groups (broad SMARTS) is 1. The Hall–Kier alpha value is -3.93. The minimum Gasteiger partial charge on any atom is -0.480 e. The van der Waals surface area contributed by atoms with E-state index in [-0.39, 0.29) is 30.4 Å². The van der Waals surface area contributed by atoms with Crippen molar-refractivity contribution in [3.63, 3.8) is 0 Å². The van der Waals surface area contributed by atoms with Crippen molar-refractivity contribution in [2.24, 2.45) is 11.8 Å². The predicted molar refractivity (Wildman–Crippen MR) is 191 cm³/mol. The van der Waals surface area contributed by atoms with Crippen molar-refractivity contribution in [2.75, 3.05) is 37.9 Å². The fraction of sp³-hybridized carbons (Fsp3) is 0.531. The molecule has 2 aromatic rings. The van der Waals surface area contributed by atoms with Crippen molar-refractivity contribution in [1.29, 1.82) is 0 Å². The molecular formula is C32H50N6O9S2. The highest BCUT2D eigenvalue weighted by atomic mass is 32.2. The molecule has 4 unspecified atom stereocenters. The molecule has 0 saturated carbocycles. The molecule has 7 N–H and O–H groups in total. The van der Waals surface area contributed by atoms with E-state index in [2.05, 4.69) is 38.6 Å². The molecule has 0 heterocycles. The summed E-state index contributed by atoms with van der Waals surface area (Å²) in [4.78, 5) is 65.2. The van der Waals surface area contributed by atoms with Crippen LogP contribution in [0, 0.1) is 11.8 Å². The number of carbonyl (C=O) groups excluding carboxylic acids is 4. The van der Waals surface area contributed by atoms with E-state index in [1.165, 1.54) is 6.07 Å². The van der Waals surface area contributed by atoms with Gasteiger partial charge in [0.25, 0.3) is 0 Å². The van der Waals surface area contributed by atoms with Gasteiger partial charge in [-0.25, -0.2) is 17.9 Å². The number of hydrogen-bond donors (Lipinski definition) is 8. The van der Waals surface area contributed by atoms with E-state index in [1.807, 2.05) is 25.1 Å². The summed E-state index contributed by atoms with van der Waals surface area (Å²) in [5.41, 5.74) is 0.811. The molecule has 2 aromatic carbocycles. The van der Waals surface area contributed by atoms with E-state index in [0.29, 0.717) is 10.8 Å². The van der Waals surface area contributed by atoms with Crippen LogP contribution in [-0.4, -0.2) is 105 Å². The number of carboxylic acids is 1. The predicted octanol–water partition coefficient (Wildman–Crippen LogP) is 0.468. The third-order valence-electron chi connectivity index (χ3n) is 7.27. The molecule has 0 radical (unpaired) electrons. The zero-order valence-electron chi connectivity index (χ0n) is 27.8. The standard InChI is InChI=1S/C31H46N6O9S2.CH4/c1-17(2)13-21(28(40)35-22(15-38)31(43)44)34-30(42)27(18(3)4)36-29(41)23(16-47)33-26(39)14-32-48(45,46)25-12-8-9-19-20(25)10-7-11-24(19)37(5)6;/h7-12,17-18,21-23,27,32,38,47H,13-16H2,1-6H3,(H,33,39)(H,34,42)(H,35,40)(H,36,41)(H,43,44);1H4. The Balaban J connectivity index is 0.0000120. The molecule has 49 heavy (non-hydrogen) atoms. The molecule has 2 rings (SSSR count). The largest absolute Gasteiger partial charge is 0.480 e. The second kappa shape index (κ2) is 19.3. The number of aliphatic hydroxyl groups excluding tert-OH is 1. The first-order valence-corrected chi connectivity index (χ1v) is 17.4. The van der Waals surface area contributed by atoms with Gasteiger partial charge < -0.3 is 36.4 Å². The fourth-order valence-electron chi connectivity index (χ4n) is 4.78. The number of fused-ring (bicyclic) bond motifs is 1. The lowest BCUT2D eigenvalue weighted by Crippen LogP contribution is -2.60. The van der Waals surface area contributed by atoms with Gasteiger partial charge in [0.1, 0.15) is 24.2 Å². The van der Waals surface area contributed by atoms with Gasteiger partial charge in [-0.1, -0.05) is 59.4 Å². The van der Waals surface area contributed by atoms with Crippen LogP contribution in [0.5, 0.6) is 0 Å². The topological polar surface area (TPSA) is 223 Å². The number of nitrogens with zero attached hydrogens (tertiary/aromatic N) is 1. The minimum absolute atomic E-state index is 0. The minimum atomic E-state index is -4.15. The molecular weight excluding hydrogens is 677 g/mol. The van der Waals surface area contributed by atoms with Crippen LogP contribution in [-0.2, 0) is 34.0 Å². The van der Waals surface area contributed by atoms with E-state index in [1.54, 1.807) is 52.0 Å². The maximum Gasteiger partial charge on any atom is 0.328 e. The maximum absolute atomic E-state index is 13.3. The molecule has 0 aliphatic rings. The Morgan fingerprint density at radius 3 is 1.92 bits per heavy atom. The van der Waals surface area contributed by atoms with Gasteiger partial charge in [0.2, 0.25) is 33.7 Å². The first-order valence-electron chi connectivity index (χ1n) is 15.3. The SMILES string of the molecule is C.CC(C)CC(NC(=O)C(NC(=O)C(CS)NC(=O)CNS(=O)(=O)c1cccc2c(N(C)C)cccc12)C(C)C)C(=O)NC(CO)C(=O)O. The molecule has 15 nitrogen and oxygen atoms in total. The second-order valence-electron chi connectivity index (χ2n) is 12.2. The van der Waals surface area contributed by atoms with Crippen LogP contribution < -0.4 is 30.9 Å². The normalized spacial score (nSPS) is 13.8. The van der Waals surface area contributed by atoms with Gasteiger partial charge in [-0.2, -0.15) is 12.6 Å². The highest BCUT2D eigenvalue weighted by Gasteiger charge is 2.33. The number of hydrogen-bond acceptors (Lipinski definition) is 10. The Bertz CT molecular complexity index is 1580. The van der Waals surface area contributed by atoms with Crippen molar-refractivity contribution in [2.45, 2.75) is 70.6 Å². The number of amides is 4. The van der Waals surface area contributed by atoms with Gasteiger partial charge in [-0.05, 0) is 30.4 Å². The zero-order valence-corrected chi connectivity index (χ0v) is 29.5. The van der Waals surface area contributed by atoms with Gasteiger partial charge in [-0.15, -0.1) is 0 Å². The Morgan fingerprint density at radius 2 is 1.39 bits per heavy atom. The number of nitrogens with one attached hydrogen (secondary N) is 5. The first kappa shape index (κ1) is 43.1. The molecule has 17 heteroatoms. The second-order valence-corrected chi connectivity index (χ2v) is 14.3. The van der Waals surface area contributed by atoms with Crippen LogP contribution in [0.15, 0.2) is 41.3 Å². The van der Waals surface area contributed by atoms with Gasteiger partial charge in [-0.3, -0.25) is 19.2 Å². The van der Waals surface area contributed by atoms with Crippen LogP contribution >= 0.6 is 12.6 Å². The summed E-state index contributed by atoms with van der Waals surface area (Å²) in [5.74, 6) is -5.39. The summed E-state index contributed by atoms with van der Waals surface area (Å²) in [6.07, 6.45) is 0.134. The number of carbonyl (C=O) groups is 5. The van der Waals surface area contributed by atoms with E-state index in [9.17, 15) is 42.6 Å². The lowest BCUT2D eigenvalue weighted by atomic mass is 9.99. The summed E-state index contributed by atoms with van der Waals surface area (Å²) in [6.45, 7) is 5.33. The molecule has 4 amide bonds. The van der Waals surface area contributed by atoms with Crippen LogP contribution in [0.4, 0.5) is 5.69 Å². The quantitative estimate of drug-likeness (QED) is 0.0992. The van der Waals surface area contributed by atoms with Crippen molar-refractivity contribution in [3.8, 4) is 0 Å². The molecule has 0 aliphatic carbocycles. The van der Waals surface area contributed by atoms with Crippen LogP contribution in [0.25, 0.3) is 10.8 Å². The summed E-state index contributed by atoms with van der Waals surface area (Å²) < 4.78 is 28.7. The Morgan fingerprint density at radius 1 is 0.816 bits per heavy atom. The van der Waals surface area contributed by atoms with Crippen molar-refractivity contribution >= 4 is 68.7 Å². The highest BCUT2D eigenvalue weighted by molar-refractivity contribution is 7.89. The highest BCUT2D eigenvalue weighted by Crippen LogP contribution is 2.30. The number of aliphatic carboxylic acids is 1. The lowest BCUT2D eigenvalue weighted by molar-refractivity contribution is -0.143. The van der Waals surface area contributed by atoms with Crippen molar-refractivity contribution in [3.05, 3.63) is 36.4 Å². The lowest BCUT2D eigenvalue weighted by Gasteiger charge is -2.28. The average Bonchev–Trinajstić information content (AvgIpc) is 3.02. The number of aliphatic hydroxyl groups is 1. The molecule has 0 bridgehead atoms. The van der Waals surface area contributed by atoms with Crippen LogP contribution in [0.1, 0.15) is 41.5 Å².